The highest BCUT2D eigenvalue weighted by atomic mass is 16.5. The number of carbonyl (C=O) groups is 1. The van der Waals surface area contributed by atoms with Gasteiger partial charge in [-0.2, -0.15) is 0 Å². The third kappa shape index (κ3) is 3.91. The van der Waals surface area contributed by atoms with Crippen LogP contribution in [0.25, 0.3) is 0 Å². The van der Waals surface area contributed by atoms with Gasteiger partial charge in [0, 0.05) is 32.3 Å². The molecule has 2 N–H and O–H groups in total. The average Bonchev–Trinajstić information content (AvgIpc) is 2.90. The van der Waals surface area contributed by atoms with Gasteiger partial charge in [0.05, 0.1) is 17.4 Å². The highest BCUT2D eigenvalue weighted by Gasteiger charge is 2.51. The molecule has 1 aliphatic carbocycles. The van der Waals surface area contributed by atoms with Crippen LogP contribution in [0.2, 0.25) is 0 Å². The van der Waals surface area contributed by atoms with Crippen molar-refractivity contribution in [3.8, 4) is 0 Å². The molecule has 1 aromatic heterocycles. The molecule has 0 amide bonds. The Bertz CT molecular complexity index is 691. The normalized spacial score (nSPS) is 29.5. The quantitative estimate of drug-likeness (QED) is 0.777. The van der Waals surface area contributed by atoms with Crippen LogP contribution < -0.4 is 5.56 Å². The zero-order chi connectivity index (χ0) is 18.0. The first-order chi connectivity index (χ1) is 11.9. The molecule has 2 heterocycles. The third-order valence-electron chi connectivity index (χ3n) is 5.37. The fraction of sp³-hybridized carbons (Fsp3) is 0.706. The van der Waals surface area contributed by atoms with Gasteiger partial charge in [0.15, 0.2) is 0 Å². The minimum absolute atomic E-state index is 0.0844. The number of carboxylic acids is 1. The molecule has 1 saturated carbocycles. The van der Waals surface area contributed by atoms with Crippen molar-refractivity contribution in [2.45, 2.75) is 56.9 Å². The summed E-state index contributed by atoms with van der Waals surface area (Å²) in [4.78, 5) is 31.8. The number of methoxy groups -OCH3 is 1. The molecule has 0 spiro atoms. The van der Waals surface area contributed by atoms with Gasteiger partial charge in [0.1, 0.15) is 12.4 Å². The minimum Gasteiger partial charge on any atom is -0.480 e. The topological polar surface area (TPSA) is 105 Å². The van der Waals surface area contributed by atoms with Crippen LogP contribution in [0, 0.1) is 6.92 Å². The smallest absolute Gasteiger partial charge is 0.329 e. The van der Waals surface area contributed by atoms with Crippen molar-refractivity contribution in [3.63, 3.8) is 0 Å². The van der Waals surface area contributed by atoms with Gasteiger partial charge in [0.25, 0.3) is 5.56 Å². The second-order valence-corrected chi connectivity index (χ2v) is 6.93. The molecule has 25 heavy (non-hydrogen) atoms. The van der Waals surface area contributed by atoms with Crippen LogP contribution in [-0.4, -0.2) is 64.0 Å². The van der Waals surface area contributed by atoms with Crippen LogP contribution in [0.4, 0.5) is 0 Å². The van der Waals surface area contributed by atoms with Gasteiger partial charge in [-0.25, -0.2) is 9.78 Å². The van der Waals surface area contributed by atoms with Gasteiger partial charge < -0.3 is 19.6 Å². The van der Waals surface area contributed by atoms with Crippen LogP contribution >= 0.6 is 0 Å². The van der Waals surface area contributed by atoms with Gasteiger partial charge in [-0.15, -0.1) is 0 Å². The number of ether oxygens (including phenoxy) is 2. The van der Waals surface area contributed by atoms with Crippen LogP contribution in [0.15, 0.2) is 10.9 Å². The Morgan fingerprint density at radius 1 is 1.52 bits per heavy atom. The zero-order valence-corrected chi connectivity index (χ0v) is 14.7. The Labute approximate surface area is 146 Å². The number of aromatic amines is 1. The van der Waals surface area contributed by atoms with E-state index in [1.165, 1.54) is 6.07 Å². The Morgan fingerprint density at radius 2 is 2.32 bits per heavy atom. The van der Waals surface area contributed by atoms with Crippen molar-refractivity contribution in [2.75, 3.05) is 20.3 Å². The number of fused-ring (bicyclic) bond motifs is 1. The Morgan fingerprint density at radius 3 is 3.00 bits per heavy atom. The fourth-order valence-corrected chi connectivity index (χ4v) is 4.22. The summed E-state index contributed by atoms with van der Waals surface area (Å²) in [6.07, 6.45) is 3.20. The zero-order valence-electron chi connectivity index (χ0n) is 14.7. The summed E-state index contributed by atoms with van der Waals surface area (Å²) in [5, 5.41) is 8.83. The van der Waals surface area contributed by atoms with Crippen molar-refractivity contribution in [2.24, 2.45) is 0 Å². The summed E-state index contributed by atoms with van der Waals surface area (Å²) >= 11 is 0. The van der Waals surface area contributed by atoms with E-state index in [9.17, 15) is 9.59 Å². The Hall–Kier alpha value is -1.77. The van der Waals surface area contributed by atoms with E-state index in [1.807, 2.05) is 0 Å². The standard InChI is InChI=1S/C17H25N3O5/c1-11-18-12(7-15(21)19-11)9-20-6-5-17(24-2)4-3-13(8-14(17)20)25-10-16(22)23/h7,13-14H,3-6,8-10H2,1-2H3,(H,22,23)(H,18,19,21)/t13-,14+,17-/m1/s1. The molecule has 1 saturated heterocycles. The van der Waals surface area contributed by atoms with E-state index in [0.717, 1.165) is 37.9 Å². The molecule has 8 nitrogen and oxygen atoms in total. The molecule has 0 aromatic carbocycles. The molecule has 3 rings (SSSR count). The molecule has 2 aliphatic rings. The first kappa shape index (κ1) is 18.0. The summed E-state index contributed by atoms with van der Waals surface area (Å²) in [5.74, 6) is -0.346. The van der Waals surface area contributed by atoms with Crippen LogP contribution in [0.3, 0.4) is 0 Å². The summed E-state index contributed by atoms with van der Waals surface area (Å²) in [7, 11) is 1.74. The van der Waals surface area contributed by atoms with Crippen molar-refractivity contribution >= 4 is 5.97 Å². The highest BCUT2D eigenvalue weighted by Crippen LogP contribution is 2.43. The number of nitrogens with zero attached hydrogens (tertiary/aromatic N) is 2. The second-order valence-electron chi connectivity index (χ2n) is 6.93. The van der Waals surface area contributed by atoms with E-state index < -0.39 is 5.97 Å². The maximum absolute atomic E-state index is 11.7. The number of likely N-dealkylation sites (tertiary alicyclic amines) is 1. The molecular formula is C17H25N3O5. The number of hydrogen-bond donors (Lipinski definition) is 2. The molecule has 8 heteroatoms. The van der Waals surface area contributed by atoms with E-state index in [-0.39, 0.29) is 29.9 Å². The molecule has 2 fully saturated rings. The monoisotopic (exact) mass is 351 g/mol. The van der Waals surface area contributed by atoms with Crippen LogP contribution in [0.5, 0.6) is 0 Å². The van der Waals surface area contributed by atoms with Gasteiger partial charge in [-0.3, -0.25) is 9.69 Å². The minimum atomic E-state index is -0.949. The van der Waals surface area contributed by atoms with E-state index in [0.29, 0.717) is 12.4 Å². The SMILES string of the molecule is CO[C@@]12CC[C@@H](OCC(=O)O)C[C@@H]1N(Cc1cc(=O)[nH]c(C)n1)CC2. The van der Waals surface area contributed by atoms with E-state index >= 15 is 0 Å². The van der Waals surface area contributed by atoms with E-state index in [2.05, 4.69) is 14.9 Å². The molecule has 1 aromatic rings. The number of carboxylic acid groups (broad SMARTS) is 1. The number of aliphatic carboxylic acids is 1. The number of rotatable bonds is 6. The lowest BCUT2D eigenvalue weighted by Gasteiger charge is -2.43. The summed E-state index contributed by atoms with van der Waals surface area (Å²) in [5.41, 5.74) is 0.368. The molecular weight excluding hydrogens is 326 g/mol. The molecule has 138 valence electrons. The van der Waals surface area contributed by atoms with Gasteiger partial charge in [-0.1, -0.05) is 0 Å². The molecule has 0 bridgehead atoms. The fourth-order valence-electron chi connectivity index (χ4n) is 4.22. The predicted octanol–water partition coefficient (Wildman–Crippen LogP) is 0.692. The lowest BCUT2D eigenvalue weighted by molar-refractivity contribution is -0.148. The van der Waals surface area contributed by atoms with Crippen molar-refractivity contribution in [1.29, 1.82) is 0 Å². The van der Waals surface area contributed by atoms with E-state index in [4.69, 9.17) is 14.6 Å². The molecule has 0 unspecified atom stereocenters. The third-order valence-corrected chi connectivity index (χ3v) is 5.37. The second kappa shape index (κ2) is 7.23. The lowest BCUT2D eigenvalue weighted by atomic mass is 9.79. The molecule has 0 radical (unpaired) electrons. The first-order valence-corrected chi connectivity index (χ1v) is 8.61. The Kier molecular flexibility index (Phi) is 5.21. The van der Waals surface area contributed by atoms with Crippen molar-refractivity contribution in [3.05, 3.63) is 27.9 Å². The average molecular weight is 351 g/mol. The van der Waals surface area contributed by atoms with Crippen molar-refractivity contribution in [1.82, 2.24) is 14.9 Å². The first-order valence-electron chi connectivity index (χ1n) is 8.61. The predicted molar refractivity (Wildman–Crippen MR) is 89.4 cm³/mol. The van der Waals surface area contributed by atoms with Gasteiger partial charge in [0.2, 0.25) is 0 Å². The number of aryl methyl sites for hydroxylation is 1. The largest absolute Gasteiger partial charge is 0.480 e. The van der Waals surface area contributed by atoms with Crippen LogP contribution in [-0.2, 0) is 20.8 Å². The molecule has 3 atom stereocenters. The maximum Gasteiger partial charge on any atom is 0.329 e. The van der Waals surface area contributed by atoms with E-state index in [1.54, 1.807) is 14.0 Å². The summed E-state index contributed by atoms with van der Waals surface area (Å²) < 4.78 is 11.4. The number of nitrogens with one attached hydrogen (secondary N) is 1. The van der Waals surface area contributed by atoms with Gasteiger partial charge >= 0.3 is 5.97 Å². The van der Waals surface area contributed by atoms with Crippen LogP contribution in [0.1, 0.15) is 37.2 Å². The number of H-pyrrole nitrogens is 1. The lowest BCUT2D eigenvalue weighted by Crippen LogP contribution is -2.51. The van der Waals surface area contributed by atoms with Gasteiger partial charge in [-0.05, 0) is 32.6 Å². The molecule has 1 aliphatic heterocycles. The van der Waals surface area contributed by atoms with Crippen molar-refractivity contribution < 1.29 is 19.4 Å². The maximum atomic E-state index is 11.7. The Balaban J connectivity index is 1.74. The summed E-state index contributed by atoms with van der Waals surface area (Å²) in [6, 6.07) is 1.66. The number of aromatic nitrogens is 2. The summed E-state index contributed by atoms with van der Waals surface area (Å²) in [6.45, 7) is 2.93. The number of hydrogen-bond acceptors (Lipinski definition) is 6. The highest BCUT2D eigenvalue weighted by molar-refractivity contribution is 5.68.